The Morgan fingerprint density at radius 3 is 2.39 bits per heavy atom. The second-order valence-electron chi connectivity index (χ2n) is 7.18. The maximum atomic E-state index is 12.4. The van der Waals surface area contributed by atoms with Gasteiger partial charge in [0, 0.05) is 19.5 Å². The van der Waals surface area contributed by atoms with Gasteiger partial charge in [0.15, 0.2) is 5.11 Å². The van der Waals surface area contributed by atoms with E-state index in [9.17, 15) is 14.4 Å². The molecule has 0 bridgehead atoms. The van der Waals surface area contributed by atoms with Crippen molar-refractivity contribution in [2.24, 2.45) is 0 Å². The van der Waals surface area contributed by atoms with Crippen LogP contribution in [0.2, 0.25) is 0 Å². The minimum atomic E-state index is -0.817. The van der Waals surface area contributed by atoms with Gasteiger partial charge in [0.2, 0.25) is 11.8 Å². The zero-order valence-electron chi connectivity index (χ0n) is 17.1. The standard InChI is InChI=1S/C23H25N3O4S/c27-20(15-18-9-5-2-6-10-18)25-23(31)26-13-12-24-22(29)19(26)16-21(28)30-14-11-17-7-3-1-4-8-17/h1-10,19H,11-16H2,(H,24,29)(H,25,27,31)/t19-/m1/s1. The van der Waals surface area contributed by atoms with E-state index in [4.69, 9.17) is 17.0 Å². The Kier molecular flexibility index (Phi) is 8.12. The number of amides is 2. The predicted molar refractivity (Wildman–Crippen MR) is 120 cm³/mol. The number of hydrogen-bond donors (Lipinski definition) is 2. The molecule has 162 valence electrons. The van der Waals surface area contributed by atoms with Gasteiger partial charge in [0.25, 0.3) is 0 Å². The predicted octanol–water partition coefficient (Wildman–Crippen LogP) is 1.61. The van der Waals surface area contributed by atoms with Crippen LogP contribution in [0.25, 0.3) is 0 Å². The quantitative estimate of drug-likeness (QED) is 0.504. The fraction of sp³-hybridized carbons (Fsp3) is 0.304. The molecule has 1 saturated heterocycles. The van der Waals surface area contributed by atoms with E-state index in [-0.39, 0.29) is 36.4 Å². The molecule has 1 atom stereocenters. The lowest BCUT2D eigenvalue weighted by Gasteiger charge is -2.36. The largest absolute Gasteiger partial charge is 0.465 e. The Morgan fingerprint density at radius 1 is 1.06 bits per heavy atom. The molecule has 8 heteroatoms. The third-order valence-corrected chi connectivity index (χ3v) is 5.24. The molecule has 1 heterocycles. The van der Waals surface area contributed by atoms with Gasteiger partial charge in [-0.1, -0.05) is 60.7 Å². The van der Waals surface area contributed by atoms with Crippen molar-refractivity contribution in [1.29, 1.82) is 0 Å². The summed E-state index contributed by atoms with van der Waals surface area (Å²) >= 11 is 5.36. The minimum absolute atomic E-state index is 0.137. The Morgan fingerprint density at radius 2 is 1.71 bits per heavy atom. The van der Waals surface area contributed by atoms with Crippen LogP contribution >= 0.6 is 12.2 Å². The van der Waals surface area contributed by atoms with Crippen molar-refractivity contribution < 1.29 is 19.1 Å². The monoisotopic (exact) mass is 439 g/mol. The molecule has 0 aromatic heterocycles. The highest BCUT2D eigenvalue weighted by atomic mass is 32.1. The van der Waals surface area contributed by atoms with Crippen LogP contribution in [0, 0.1) is 0 Å². The van der Waals surface area contributed by atoms with Crippen molar-refractivity contribution in [2.75, 3.05) is 19.7 Å². The molecule has 31 heavy (non-hydrogen) atoms. The number of nitrogens with one attached hydrogen (secondary N) is 2. The molecule has 1 aliphatic rings. The normalized spacial score (nSPS) is 15.7. The van der Waals surface area contributed by atoms with Gasteiger partial charge in [-0.3, -0.25) is 14.4 Å². The Labute approximate surface area is 186 Å². The lowest BCUT2D eigenvalue weighted by atomic mass is 10.1. The van der Waals surface area contributed by atoms with Gasteiger partial charge < -0.3 is 20.3 Å². The van der Waals surface area contributed by atoms with E-state index in [2.05, 4.69) is 10.6 Å². The number of piperazine rings is 1. The average molecular weight is 440 g/mol. The number of carbonyl (C=O) groups excluding carboxylic acids is 3. The molecule has 0 saturated carbocycles. The lowest BCUT2D eigenvalue weighted by molar-refractivity contribution is -0.147. The van der Waals surface area contributed by atoms with Crippen molar-refractivity contribution >= 4 is 35.1 Å². The summed E-state index contributed by atoms with van der Waals surface area (Å²) < 4.78 is 5.31. The molecule has 2 aromatic rings. The van der Waals surface area contributed by atoms with Crippen LogP contribution in [0.1, 0.15) is 17.5 Å². The van der Waals surface area contributed by atoms with Gasteiger partial charge in [-0.05, 0) is 23.3 Å². The maximum Gasteiger partial charge on any atom is 0.308 e. The number of nitrogens with zero attached hydrogens (tertiary/aromatic N) is 1. The fourth-order valence-electron chi connectivity index (χ4n) is 3.32. The summed E-state index contributed by atoms with van der Waals surface area (Å²) in [5.41, 5.74) is 1.92. The van der Waals surface area contributed by atoms with E-state index in [0.29, 0.717) is 19.5 Å². The highest BCUT2D eigenvalue weighted by molar-refractivity contribution is 7.80. The second-order valence-corrected chi connectivity index (χ2v) is 7.56. The molecular formula is C23H25N3O4S. The molecule has 2 N–H and O–H groups in total. The molecular weight excluding hydrogens is 414 g/mol. The third kappa shape index (κ3) is 6.89. The number of benzene rings is 2. The number of carbonyl (C=O) groups is 3. The minimum Gasteiger partial charge on any atom is -0.465 e. The highest BCUT2D eigenvalue weighted by Crippen LogP contribution is 2.11. The van der Waals surface area contributed by atoms with Gasteiger partial charge in [0.05, 0.1) is 19.4 Å². The smallest absolute Gasteiger partial charge is 0.308 e. The summed E-state index contributed by atoms with van der Waals surface area (Å²) in [5.74, 6) is -1.07. The average Bonchev–Trinajstić information content (AvgIpc) is 2.76. The lowest BCUT2D eigenvalue weighted by Crippen LogP contribution is -2.60. The topological polar surface area (TPSA) is 87.7 Å². The Balaban J connectivity index is 1.52. The first-order chi connectivity index (χ1) is 15.0. The molecule has 0 unspecified atom stereocenters. The molecule has 2 amide bonds. The van der Waals surface area contributed by atoms with E-state index in [1.54, 1.807) is 4.90 Å². The summed E-state index contributed by atoms with van der Waals surface area (Å²) in [5, 5.41) is 5.55. The van der Waals surface area contributed by atoms with Crippen molar-refractivity contribution in [2.45, 2.75) is 25.3 Å². The number of rotatable bonds is 7. The van der Waals surface area contributed by atoms with Crippen LogP contribution < -0.4 is 10.6 Å². The second kappa shape index (κ2) is 11.2. The van der Waals surface area contributed by atoms with E-state index < -0.39 is 12.0 Å². The number of ether oxygens (including phenoxy) is 1. The van der Waals surface area contributed by atoms with Crippen LogP contribution in [-0.4, -0.2) is 53.5 Å². The van der Waals surface area contributed by atoms with Crippen LogP contribution in [-0.2, 0) is 32.0 Å². The SMILES string of the molecule is O=C(Cc1ccccc1)NC(=S)N1CCNC(=O)[C@H]1CC(=O)OCCc1ccccc1. The summed E-state index contributed by atoms with van der Waals surface area (Å²) in [6.07, 6.45) is 0.629. The molecule has 1 aliphatic heterocycles. The molecule has 0 radical (unpaired) electrons. The number of esters is 1. The summed E-state index contributed by atoms with van der Waals surface area (Å²) in [6.45, 7) is 1.01. The van der Waals surface area contributed by atoms with Crippen molar-refractivity contribution in [1.82, 2.24) is 15.5 Å². The first-order valence-corrected chi connectivity index (χ1v) is 10.6. The van der Waals surface area contributed by atoms with Gasteiger partial charge in [-0.25, -0.2) is 0 Å². The maximum absolute atomic E-state index is 12.4. The van der Waals surface area contributed by atoms with Crippen LogP contribution in [0.3, 0.4) is 0 Å². The molecule has 0 aliphatic carbocycles. The fourth-order valence-corrected chi connectivity index (χ4v) is 3.65. The third-order valence-electron chi connectivity index (χ3n) is 4.90. The summed E-state index contributed by atoms with van der Waals surface area (Å²) in [7, 11) is 0. The molecule has 1 fully saturated rings. The highest BCUT2D eigenvalue weighted by Gasteiger charge is 2.34. The van der Waals surface area contributed by atoms with Crippen LogP contribution in [0.4, 0.5) is 0 Å². The van der Waals surface area contributed by atoms with Gasteiger partial charge in [-0.15, -0.1) is 0 Å². The van der Waals surface area contributed by atoms with E-state index in [0.717, 1.165) is 11.1 Å². The molecule has 7 nitrogen and oxygen atoms in total. The Bertz CT molecular complexity index is 921. The zero-order valence-corrected chi connectivity index (χ0v) is 17.9. The molecule has 0 spiro atoms. The van der Waals surface area contributed by atoms with Crippen molar-refractivity contribution in [3.8, 4) is 0 Å². The first kappa shape index (κ1) is 22.4. The number of hydrogen-bond acceptors (Lipinski definition) is 5. The van der Waals surface area contributed by atoms with Crippen molar-refractivity contribution in [3.05, 3.63) is 71.8 Å². The van der Waals surface area contributed by atoms with Gasteiger partial charge in [0.1, 0.15) is 6.04 Å². The van der Waals surface area contributed by atoms with Crippen LogP contribution in [0.5, 0.6) is 0 Å². The summed E-state index contributed by atoms with van der Waals surface area (Å²) in [6, 6.07) is 18.2. The molecule has 2 aromatic carbocycles. The van der Waals surface area contributed by atoms with E-state index in [1.165, 1.54) is 0 Å². The molecule has 3 rings (SSSR count). The van der Waals surface area contributed by atoms with Gasteiger partial charge in [-0.2, -0.15) is 0 Å². The van der Waals surface area contributed by atoms with E-state index in [1.807, 2.05) is 60.7 Å². The van der Waals surface area contributed by atoms with Crippen LogP contribution in [0.15, 0.2) is 60.7 Å². The number of thiocarbonyl (C=S) groups is 1. The van der Waals surface area contributed by atoms with E-state index >= 15 is 0 Å². The Hall–Kier alpha value is -3.26. The van der Waals surface area contributed by atoms with Gasteiger partial charge >= 0.3 is 5.97 Å². The zero-order chi connectivity index (χ0) is 22.1. The first-order valence-electron chi connectivity index (χ1n) is 10.1. The summed E-state index contributed by atoms with van der Waals surface area (Å²) in [4.78, 5) is 38.6. The van der Waals surface area contributed by atoms with Crippen molar-refractivity contribution in [3.63, 3.8) is 0 Å².